The molecular weight excluding hydrogens is 190 g/mol. The van der Waals surface area contributed by atoms with E-state index in [9.17, 15) is 5.21 Å². The lowest BCUT2D eigenvalue weighted by atomic mass is 10.0. The number of rotatable bonds is 3. The maximum atomic E-state index is 9.76. The molecule has 15 heavy (non-hydrogen) atoms. The summed E-state index contributed by atoms with van der Waals surface area (Å²) < 4.78 is 0.986. The SMILES string of the molecule is Cc1c(CC(C)C)ccc(C(=N)N)[n+]1O. The smallest absolute Gasteiger partial charge is 0.298 e. The van der Waals surface area contributed by atoms with E-state index < -0.39 is 0 Å². The number of hydrogen-bond acceptors (Lipinski definition) is 2. The third kappa shape index (κ3) is 2.46. The Morgan fingerprint density at radius 1 is 1.53 bits per heavy atom. The van der Waals surface area contributed by atoms with Gasteiger partial charge in [0, 0.05) is 23.3 Å². The molecule has 0 aliphatic carbocycles. The first-order chi connectivity index (χ1) is 6.93. The van der Waals surface area contributed by atoms with Gasteiger partial charge in [0.1, 0.15) is 0 Å². The van der Waals surface area contributed by atoms with Gasteiger partial charge in [-0.25, -0.2) is 0 Å². The molecule has 0 aromatic carbocycles. The molecule has 0 bridgehead atoms. The molecule has 0 spiro atoms. The topological polar surface area (TPSA) is 74.0 Å². The number of hydrogen-bond donors (Lipinski definition) is 3. The molecule has 1 rings (SSSR count). The highest BCUT2D eigenvalue weighted by Gasteiger charge is 2.20. The molecule has 0 saturated heterocycles. The van der Waals surface area contributed by atoms with Gasteiger partial charge in [0.2, 0.25) is 5.69 Å². The molecule has 0 atom stereocenters. The van der Waals surface area contributed by atoms with Gasteiger partial charge >= 0.3 is 0 Å². The quantitative estimate of drug-likeness (QED) is 0.300. The Bertz CT molecular complexity index is 386. The molecular formula is C11H18N3O+. The first-order valence-corrected chi connectivity index (χ1v) is 5.01. The third-order valence-corrected chi connectivity index (χ3v) is 2.36. The summed E-state index contributed by atoms with van der Waals surface area (Å²) in [4.78, 5) is 0. The van der Waals surface area contributed by atoms with E-state index in [2.05, 4.69) is 13.8 Å². The summed E-state index contributed by atoms with van der Waals surface area (Å²) in [6, 6.07) is 3.59. The van der Waals surface area contributed by atoms with Gasteiger partial charge in [0.15, 0.2) is 5.84 Å². The van der Waals surface area contributed by atoms with Crippen molar-refractivity contribution >= 4 is 5.84 Å². The van der Waals surface area contributed by atoms with Crippen LogP contribution in [-0.4, -0.2) is 11.0 Å². The molecule has 4 nitrogen and oxygen atoms in total. The van der Waals surface area contributed by atoms with E-state index in [0.717, 1.165) is 22.4 Å². The van der Waals surface area contributed by atoms with E-state index in [0.29, 0.717) is 11.6 Å². The summed E-state index contributed by atoms with van der Waals surface area (Å²) in [5.41, 5.74) is 7.50. The van der Waals surface area contributed by atoms with E-state index in [4.69, 9.17) is 11.1 Å². The van der Waals surface area contributed by atoms with Crippen molar-refractivity contribution in [3.63, 3.8) is 0 Å². The zero-order valence-electron chi connectivity index (χ0n) is 9.41. The largest absolute Gasteiger partial charge is 0.378 e. The first kappa shape index (κ1) is 11.5. The summed E-state index contributed by atoms with van der Waals surface area (Å²) in [5, 5.41) is 17.0. The highest BCUT2D eigenvalue weighted by atomic mass is 16.5. The number of pyridine rings is 1. The van der Waals surface area contributed by atoms with E-state index in [1.54, 1.807) is 6.07 Å². The van der Waals surface area contributed by atoms with Gasteiger partial charge < -0.3 is 5.73 Å². The highest BCUT2D eigenvalue weighted by Crippen LogP contribution is 2.10. The maximum absolute atomic E-state index is 9.76. The number of nitrogen functional groups attached to an aromatic ring is 1. The average molecular weight is 208 g/mol. The summed E-state index contributed by atoms with van der Waals surface area (Å²) in [5.74, 6) is 0.406. The van der Waals surface area contributed by atoms with Gasteiger partial charge in [0.05, 0.1) is 0 Å². The molecule has 0 aliphatic rings. The summed E-state index contributed by atoms with van der Waals surface area (Å²) in [6.07, 6.45) is 0.907. The van der Waals surface area contributed by atoms with Crippen molar-refractivity contribution in [2.45, 2.75) is 27.2 Å². The summed E-state index contributed by atoms with van der Waals surface area (Å²) in [6.45, 7) is 6.07. The van der Waals surface area contributed by atoms with Crippen molar-refractivity contribution in [1.29, 1.82) is 5.41 Å². The minimum atomic E-state index is -0.128. The molecule has 0 saturated carbocycles. The van der Waals surface area contributed by atoms with Crippen LogP contribution in [0.3, 0.4) is 0 Å². The van der Waals surface area contributed by atoms with Crippen molar-refractivity contribution in [2.75, 3.05) is 0 Å². The van der Waals surface area contributed by atoms with E-state index in [1.165, 1.54) is 0 Å². The molecule has 1 heterocycles. The minimum absolute atomic E-state index is 0.128. The van der Waals surface area contributed by atoms with E-state index in [-0.39, 0.29) is 5.84 Å². The van der Waals surface area contributed by atoms with Crippen molar-refractivity contribution in [3.8, 4) is 0 Å². The molecule has 1 aromatic heterocycles. The fraction of sp³-hybridized carbons (Fsp3) is 0.455. The lowest BCUT2D eigenvalue weighted by Crippen LogP contribution is -2.43. The van der Waals surface area contributed by atoms with Gasteiger partial charge in [-0.3, -0.25) is 10.6 Å². The molecule has 4 N–H and O–H groups in total. The van der Waals surface area contributed by atoms with Crippen LogP contribution >= 0.6 is 0 Å². The second-order valence-electron chi connectivity index (χ2n) is 4.15. The Labute approximate surface area is 89.8 Å². The minimum Gasteiger partial charge on any atom is -0.378 e. The van der Waals surface area contributed by atoms with Gasteiger partial charge in [-0.1, -0.05) is 13.8 Å². The van der Waals surface area contributed by atoms with Crippen LogP contribution in [0.5, 0.6) is 0 Å². The van der Waals surface area contributed by atoms with Crippen LogP contribution in [0.25, 0.3) is 0 Å². The number of nitrogens with two attached hydrogens (primary N) is 1. The van der Waals surface area contributed by atoms with E-state index >= 15 is 0 Å². The van der Waals surface area contributed by atoms with Crippen molar-refractivity contribution in [2.24, 2.45) is 11.7 Å². The van der Waals surface area contributed by atoms with Crippen molar-refractivity contribution < 1.29 is 9.94 Å². The van der Waals surface area contributed by atoms with Crippen LogP contribution in [-0.2, 0) is 6.42 Å². The molecule has 0 aliphatic heterocycles. The highest BCUT2D eigenvalue weighted by molar-refractivity contribution is 5.91. The standard InChI is InChI=1S/C11H18N3O/c1-7(2)6-9-4-5-10(11(12)13)14(15)8(9)3/h4-5,7,15H,6H2,1-3H3,(H3,12,13)/q+1. The Morgan fingerprint density at radius 3 is 2.60 bits per heavy atom. The normalized spacial score (nSPS) is 10.7. The third-order valence-electron chi connectivity index (χ3n) is 2.36. The van der Waals surface area contributed by atoms with Gasteiger partial charge in [-0.2, -0.15) is 0 Å². The van der Waals surface area contributed by atoms with Crippen LogP contribution < -0.4 is 10.5 Å². The average Bonchev–Trinajstić information content (AvgIpc) is 2.12. The summed E-state index contributed by atoms with van der Waals surface area (Å²) in [7, 11) is 0. The maximum Gasteiger partial charge on any atom is 0.298 e. The first-order valence-electron chi connectivity index (χ1n) is 5.01. The van der Waals surface area contributed by atoms with Crippen LogP contribution in [0.15, 0.2) is 12.1 Å². The zero-order valence-corrected chi connectivity index (χ0v) is 9.41. The Hall–Kier alpha value is -1.58. The van der Waals surface area contributed by atoms with Crippen LogP contribution in [0.1, 0.15) is 30.8 Å². The molecule has 0 radical (unpaired) electrons. The molecule has 0 amide bonds. The molecule has 0 fully saturated rings. The number of aromatic nitrogens is 1. The lowest BCUT2D eigenvalue weighted by molar-refractivity contribution is -0.909. The molecule has 1 aromatic rings. The van der Waals surface area contributed by atoms with Crippen molar-refractivity contribution in [1.82, 2.24) is 0 Å². The van der Waals surface area contributed by atoms with E-state index in [1.807, 2.05) is 13.0 Å². The fourth-order valence-electron chi connectivity index (χ4n) is 1.55. The monoisotopic (exact) mass is 208 g/mol. The predicted octanol–water partition coefficient (Wildman–Crippen LogP) is 1.00. The molecule has 82 valence electrons. The van der Waals surface area contributed by atoms with Gasteiger partial charge in [-0.05, 0) is 18.4 Å². The van der Waals surface area contributed by atoms with Gasteiger partial charge in [-0.15, -0.1) is 0 Å². The zero-order chi connectivity index (χ0) is 11.6. The molecule has 4 heteroatoms. The summed E-state index contributed by atoms with van der Waals surface area (Å²) >= 11 is 0. The van der Waals surface area contributed by atoms with Crippen molar-refractivity contribution in [3.05, 3.63) is 29.1 Å². The van der Waals surface area contributed by atoms with Crippen LogP contribution in [0, 0.1) is 18.3 Å². The van der Waals surface area contributed by atoms with Crippen LogP contribution in [0.2, 0.25) is 0 Å². The number of nitrogens with one attached hydrogen (secondary N) is 1. The second kappa shape index (κ2) is 4.29. The predicted molar refractivity (Wildman–Crippen MR) is 58.1 cm³/mol. The number of nitrogens with zero attached hydrogens (tertiary/aromatic N) is 1. The second-order valence-corrected chi connectivity index (χ2v) is 4.15. The number of amidine groups is 1. The Balaban J connectivity index is 3.15. The Morgan fingerprint density at radius 2 is 2.13 bits per heavy atom. The lowest BCUT2D eigenvalue weighted by Gasteiger charge is -2.06. The van der Waals surface area contributed by atoms with Crippen LogP contribution in [0.4, 0.5) is 0 Å². The molecule has 0 unspecified atom stereocenters. The van der Waals surface area contributed by atoms with Gasteiger partial charge in [0.25, 0.3) is 5.69 Å². The fourth-order valence-corrected chi connectivity index (χ4v) is 1.55. The Kier molecular flexibility index (Phi) is 3.29.